The molecule has 1 fully saturated rings. The lowest BCUT2D eigenvalue weighted by atomic mass is 10.1. The van der Waals surface area contributed by atoms with Gasteiger partial charge in [-0.05, 0) is 12.5 Å². The molecule has 0 radical (unpaired) electrons. The van der Waals surface area contributed by atoms with Crippen LogP contribution in [0.3, 0.4) is 0 Å². The maximum atomic E-state index is 11.2. The number of hydrogen-bond donors (Lipinski definition) is 1. The van der Waals surface area contributed by atoms with E-state index in [0.29, 0.717) is 23.7 Å². The summed E-state index contributed by atoms with van der Waals surface area (Å²) in [6.45, 7) is 2.33. The SMILES string of the molecule is O=C(O)c1oc2ccccc2c1COCC1CCOC1. The molecule has 2 heterocycles. The first kappa shape index (κ1) is 13.1. The lowest BCUT2D eigenvalue weighted by Gasteiger charge is -2.08. The van der Waals surface area contributed by atoms with E-state index in [9.17, 15) is 9.90 Å². The maximum Gasteiger partial charge on any atom is 0.372 e. The second kappa shape index (κ2) is 5.64. The number of carboxylic acid groups (broad SMARTS) is 1. The predicted molar refractivity (Wildman–Crippen MR) is 71.8 cm³/mol. The molecule has 0 saturated carbocycles. The van der Waals surface area contributed by atoms with Gasteiger partial charge in [-0.3, -0.25) is 0 Å². The van der Waals surface area contributed by atoms with Gasteiger partial charge >= 0.3 is 5.97 Å². The largest absolute Gasteiger partial charge is 0.475 e. The first-order chi connectivity index (χ1) is 9.75. The van der Waals surface area contributed by atoms with Crippen molar-refractivity contribution in [1.29, 1.82) is 0 Å². The van der Waals surface area contributed by atoms with Crippen LogP contribution < -0.4 is 0 Å². The third-order valence-electron chi connectivity index (χ3n) is 3.52. The number of benzene rings is 1. The Morgan fingerprint density at radius 3 is 3.00 bits per heavy atom. The van der Waals surface area contributed by atoms with E-state index >= 15 is 0 Å². The van der Waals surface area contributed by atoms with Crippen LogP contribution in [0.4, 0.5) is 0 Å². The van der Waals surface area contributed by atoms with Crippen LogP contribution in [0.1, 0.15) is 22.5 Å². The van der Waals surface area contributed by atoms with Crippen molar-refractivity contribution in [3.05, 3.63) is 35.6 Å². The zero-order valence-electron chi connectivity index (χ0n) is 11.0. The van der Waals surface area contributed by atoms with Crippen molar-refractivity contribution in [2.24, 2.45) is 5.92 Å². The van der Waals surface area contributed by atoms with Crippen molar-refractivity contribution in [3.8, 4) is 0 Å². The fourth-order valence-electron chi connectivity index (χ4n) is 2.46. The fraction of sp³-hybridized carbons (Fsp3) is 0.400. The van der Waals surface area contributed by atoms with Crippen LogP contribution in [0.25, 0.3) is 11.0 Å². The van der Waals surface area contributed by atoms with Crippen molar-refractivity contribution in [1.82, 2.24) is 0 Å². The number of rotatable bonds is 5. The Morgan fingerprint density at radius 1 is 1.40 bits per heavy atom. The molecule has 1 aliphatic heterocycles. The predicted octanol–water partition coefficient (Wildman–Crippen LogP) is 2.68. The second-order valence-corrected chi connectivity index (χ2v) is 4.96. The minimum absolute atomic E-state index is 0.0335. The number of carbonyl (C=O) groups is 1. The molecule has 1 atom stereocenters. The van der Waals surface area contributed by atoms with Crippen molar-refractivity contribution in [3.63, 3.8) is 0 Å². The normalized spacial score (nSPS) is 18.7. The van der Waals surface area contributed by atoms with E-state index in [4.69, 9.17) is 13.9 Å². The van der Waals surface area contributed by atoms with E-state index in [2.05, 4.69) is 0 Å². The van der Waals surface area contributed by atoms with Gasteiger partial charge in [0, 0.05) is 23.5 Å². The van der Waals surface area contributed by atoms with Crippen LogP contribution in [0.2, 0.25) is 0 Å². The third kappa shape index (κ3) is 2.55. The molecule has 1 saturated heterocycles. The molecule has 1 aliphatic rings. The topological polar surface area (TPSA) is 68.9 Å². The van der Waals surface area contributed by atoms with Crippen LogP contribution >= 0.6 is 0 Å². The molecule has 1 aromatic heterocycles. The van der Waals surface area contributed by atoms with E-state index in [1.165, 1.54) is 0 Å². The first-order valence-corrected chi connectivity index (χ1v) is 6.65. The van der Waals surface area contributed by atoms with Gasteiger partial charge in [-0.2, -0.15) is 0 Å². The average molecular weight is 276 g/mol. The van der Waals surface area contributed by atoms with Gasteiger partial charge in [0.1, 0.15) is 5.58 Å². The zero-order valence-corrected chi connectivity index (χ0v) is 11.0. The summed E-state index contributed by atoms with van der Waals surface area (Å²) < 4.78 is 16.3. The summed E-state index contributed by atoms with van der Waals surface area (Å²) in [6.07, 6.45) is 0.998. The van der Waals surface area contributed by atoms with Gasteiger partial charge in [-0.25, -0.2) is 4.79 Å². The summed E-state index contributed by atoms with van der Waals surface area (Å²) in [5.41, 5.74) is 1.18. The number of fused-ring (bicyclic) bond motifs is 1. The minimum atomic E-state index is -1.07. The number of hydrogen-bond acceptors (Lipinski definition) is 4. The Labute approximate surface area is 116 Å². The molecule has 5 heteroatoms. The van der Waals surface area contributed by atoms with Crippen LogP contribution in [0.15, 0.2) is 28.7 Å². The van der Waals surface area contributed by atoms with Gasteiger partial charge in [0.2, 0.25) is 5.76 Å². The molecule has 1 aromatic carbocycles. The molecule has 1 unspecified atom stereocenters. The van der Waals surface area contributed by atoms with E-state index < -0.39 is 5.97 Å². The average Bonchev–Trinajstić information content (AvgIpc) is 3.07. The molecule has 0 spiro atoms. The Hall–Kier alpha value is -1.85. The zero-order chi connectivity index (χ0) is 13.9. The molecular weight excluding hydrogens is 260 g/mol. The number of ether oxygens (including phenoxy) is 2. The standard InChI is InChI=1S/C15H16O5/c16-15(17)14-12(9-19-8-10-5-6-18-7-10)11-3-1-2-4-13(11)20-14/h1-4,10H,5-9H2,(H,16,17). The molecule has 1 N–H and O–H groups in total. The molecule has 20 heavy (non-hydrogen) atoms. The van der Waals surface area contributed by atoms with E-state index in [1.54, 1.807) is 6.07 Å². The highest BCUT2D eigenvalue weighted by molar-refractivity contribution is 5.94. The van der Waals surface area contributed by atoms with Crippen LogP contribution in [-0.2, 0) is 16.1 Å². The summed E-state index contributed by atoms with van der Waals surface area (Å²) in [5.74, 6) is -0.695. The van der Waals surface area contributed by atoms with Gasteiger partial charge in [-0.1, -0.05) is 18.2 Å². The maximum absolute atomic E-state index is 11.2. The molecule has 0 amide bonds. The van der Waals surface area contributed by atoms with E-state index in [-0.39, 0.29) is 12.4 Å². The highest BCUT2D eigenvalue weighted by Gasteiger charge is 2.21. The molecule has 2 aromatic rings. The van der Waals surface area contributed by atoms with Crippen LogP contribution in [-0.4, -0.2) is 30.9 Å². The van der Waals surface area contributed by atoms with Gasteiger partial charge in [0.15, 0.2) is 0 Å². The van der Waals surface area contributed by atoms with Gasteiger partial charge in [-0.15, -0.1) is 0 Å². The fourth-order valence-corrected chi connectivity index (χ4v) is 2.46. The highest BCUT2D eigenvalue weighted by atomic mass is 16.5. The summed E-state index contributed by atoms with van der Waals surface area (Å²) >= 11 is 0. The summed E-state index contributed by atoms with van der Waals surface area (Å²) in [6, 6.07) is 7.29. The molecule has 106 valence electrons. The van der Waals surface area contributed by atoms with Gasteiger partial charge < -0.3 is 19.0 Å². The molecule has 0 bridgehead atoms. The van der Waals surface area contributed by atoms with E-state index in [1.807, 2.05) is 18.2 Å². The Morgan fingerprint density at radius 2 is 2.25 bits per heavy atom. The van der Waals surface area contributed by atoms with Crippen LogP contribution in [0, 0.1) is 5.92 Å². The summed E-state index contributed by atoms with van der Waals surface area (Å²) in [5, 5.41) is 10.0. The monoisotopic (exact) mass is 276 g/mol. The van der Waals surface area contributed by atoms with Crippen molar-refractivity contribution >= 4 is 16.9 Å². The quantitative estimate of drug-likeness (QED) is 0.909. The van der Waals surface area contributed by atoms with Gasteiger partial charge in [0.25, 0.3) is 0 Å². The second-order valence-electron chi connectivity index (χ2n) is 4.96. The third-order valence-corrected chi connectivity index (χ3v) is 3.52. The number of carboxylic acids is 1. The summed E-state index contributed by atoms with van der Waals surface area (Å²) in [7, 11) is 0. The first-order valence-electron chi connectivity index (χ1n) is 6.65. The highest BCUT2D eigenvalue weighted by Crippen LogP contribution is 2.27. The van der Waals surface area contributed by atoms with Crippen molar-refractivity contribution in [2.45, 2.75) is 13.0 Å². The molecular formula is C15H16O5. The Bertz CT molecular complexity index is 610. The molecule has 5 nitrogen and oxygen atoms in total. The summed E-state index contributed by atoms with van der Waals surface area (Å²) in [4.78, 5) is 11.2. The lowest BCUT2D eigenvalue weighted by molar-refractivity contribution is 0.0633. The smallest absolute Gasteiger partial charge is 0.372 e. The van der Waals surface area contributed by atoms with Crippen LogP contribution in [0.5, 0.6) is 0 Å². The lowest BCUT2D eigenvalue weighted by Crippen LogP contribution is -2.10. The Balaban J connectivity index is 1.78. The van der Waals surface area contributed by atoms with Crippen molar-refractivity contribution in [2.75, 3.05) is 19.8 Å². The Kier molecular flexibility index (Phi) is 3.71. The van der Waals surface area contributed by atoms with Gasteiger partial charge in [0.05, 0.1) is 19.8 Å². The number of furan rings is 1. The van der Waals surface area contributed by atoms with E-state index in [0.717, 1.165) is 25.0 Å². The van der Waals surface area contributed by atoms with Crippen molar-refractivity contribution < 1.29 is 23.8 Å². The molecule has 3 rings (SSSR count). The number of aromatic carboxylic acids is 1. The molecule has 0 aliphatic carbocycles. The minimum Gasteiger partial charge on any atom is -0.475 e. The number of para-hydroxylation sites is 1.